The fraction of sp³-hybridized carbons (Fsp3) is 0.476. The van der Waals surface area contributed by atoms with E-state index in [1.54, 1.807) is 0 Å². The van der Waals surface area contributed by atoms with Crippen LogP contribution in [-0.4, -0.2) is 46.5 Å². The minimum Gasteiger partial charge on any atom is -0.378 e. The van der Waals surface area contributed by atoms with Crippen LogP contribution in [0.4, 0.5) is 5.82 Å². The summed E-state index contributed by atoms with van der Waals surface area (Å²) in [7, 11) is 0. The second-order valence-corrected chi connectivity index (χ2v) is 7.55. The van der Waals surface area contributed by atoms with Gasteiger partial charge in [-0.25, -0.2) is 4.98 Å². The van der Waals surface area contributed by atoms with E-state index in [-0.39, 0.29) is 0 Å². The van der Waals surface area contributed by atoms with Gasteiger partial charge in [0.2, 0.25) is 0 Å². The van der Waals surface area contributed by atoms with Gasteiger partial charge in [-0.1, -0.05) is 25.3 Å². The summed E-state index contributed by atoms with van der Waals surface area (Å²) in [5.74, 6) is 1.50. The Hall–Kier alpha value is -2.47. The largest absolute Gasteiger partial charge is 0.378 e. The summed E-state index contributed by atoms with van der Waals surface area (Å²) in [5.41, 5.74) is 5.46. The number of aromatic amines is 1. The molecule has 2 aromatic heterocycles. The molecule has 27 heavy (non-hydrogen) atoms. The highest BCUT2D eigenvalue weighted by Crippen LogP contribution is 2.37. The molecule has 0 bridgehead atoms. The first-order chi connectivity index (χ1) is 13.4. The summed E-state index contributed by atoms with van der Waals surface area (Å²) in [5, 5.41) is 7.70. The molecule has 0 atom stereocenters. The maximum Gasteiger partial charge on any atom is 0.148 e. The van der Waals surface area contributed by atoms with Crippen molar-refractivity contribution in [3.63, 3.8) is 0 Å². The normalized spacial score (nSPS) is 18.9. The van der Waals surface area contributed by atoms with Gasteiger partial charge in [0.25, 0.3) is 0 Å². The Morgan fingerprint density at radius 3 is 2.74 bits per heavy atom. The zero-order valence-corrected chi connectivity index (χ0v) is 15.5. The van der Waals surface area contributed by atoms with E-state index in [1.165, 1.54) is 48.9 Å². The number of nitrogens with one attached hydrogen (secondary N) is 1. The molecule has 5 rings (SSSR count). The van der Waals surface area contributed by atoms with E-state index in [0.29, 0.717) is 5.92 Å². The second kappa shape index (κ2) is 7.27. The number of rotatable bonds is 3. The molecular formula is C21H25N5O. The van der Waals surface area contributed by atoms with Gasteiger partial charge in [-0.05, 0) is 30.5 Å². The smallest absolute Gasteiger partial charge is 0.148 e. The third-order valence-corrected chi connectivity index (χ3v) is 5.84. The Bertz CT molecular complexity index is 925. The van der Waals surface area contributed by atoms with E-state index in [0.717, 1.165) is 43.2 Å². The van der Waals surface area contributed by atoms with Crippen LogP contribution in [0.2, 0.25) is 0 Å². The number of morpholine rings is 1. The van der Waals surface area contributed by atoms with Crippen molar-refractivity contribution in [2.45, 2.75) is 38.0 Å². The minimum atomic E-state index is 0.571. The fourth-order valence-electron chi connectivity index (χ4n) is 4.33. The van der Waals surface area contributed by atoms with Crippen LogP contribution in [0.3, 0.4) is 0 Å². The van der Waals surface area contributed by atoms with Gasteiger partial charge in [0.1, 0.15) is 5.82 Å². The summed E-state index contributed by atoms with van der Waals surface area (Å²) >= 11 is 0. The van der Waals surface area contributed by atoms with Gasteiger partial charge in [-0.15, -0.1) is 0 Å². The Labute approximate surface area is 159 Å². The van der Waals surface area contributed by atoms with Crippen LogP contribution >= 0.6 is 0 Å². The SMILES string of the molecule is c1cc2ncc(N3CCOCC3)nc2cc1-c1c[nH]nc1C1CCCCC1. The maximum atomic E-state index is 5.45. The molecule has 0 unspecified atom stereocenters. The van der Waals surface area contributed by atoms with Gasteiger partial charge < -0.3 is 9.64 Å². The highest BCUT2D eigenvalue weighted by Gasteiger charge is 2.22. The lowest BCUT2D eigenvalue weighted by molar-refractivity contribution is 0.122. The Morgan fingerprint density at radius 2 is 1.89 bits per heavy atom. The number of benzene rings is 1. The van der Waals surface area contributed by atoms with E-state index < -0.39 is 0 Å². The quantitative estimate of drug-likeness (QED) is 0.764. The van der Waals surface area contributed by atoms with E-state index in [2.05, 4.69) is 38.3 Å². The van der Waals surface area contributed by atoms with Crippen LogP contribution in [0, 0.1) is 0 Å². The van der Waals surface area contributed by atoms with Crippen LogP contribution in [0.25, 0.3) is 22.2 Å². The molecule has 3 heterocycles. The molecule has 0 amide bonds. The van der Waals surface area contributed by atoms with Gasteiger partial charge in [0.15, 0.2) is 0 Å². The average Bonchev–Trinajstić information content (AvgIpc) is 3.24. The van der Waals surface area contributed by atoms with Gasteiger partial charge in [-0.2, -0.15) is 5.10 Å². The molecule has 140 valence electrons. The molecule has 6 nitrogen and oxygen atoms in total. The highest BCUT2D eigenvalue weighted by molar-refractivity contribution is 5.82. The highest BCUT2D eigenvalue weighted by atomic mass is 16.5. The molecular weight excluding hydrogens is 338 g/mol. The average molecular weight is 363 g/mol. The molecule has 3 aromatic rings. The molecule has 1 aliphatic heterocycles. The lowest BCUT2D eigenvalue weighted by Crippen LogP contribution is -2.36. The van der Waals surface area contributed by atoms with Crippen molar-refractivity contribution in [2.24, 2.45) is 0 Å². The van der Waals surface area contributed by atoms with Crippen LogP contribution in [0.5, 0.6) is 0 Å². The summed E-state index contributed by atoms with van der Waals surface area (Å²) in [6, 6.07) is 6.37. The number of hydrogen-bond acceptors (Lipinski definition) is 5. The van der Waals surface area contributed by atoms with E-state index >= 15 is 0 Å². The second-order valence-electron chi connectivity index (χ2n) is 7.55. The zero-order valence-electron chi connectivity index (χ0n) is 15.5. The van der Waals surface area contributed by atoms with Crippen LogP contribution in [-0.2, 0) is 4.74 Å². The maximum absolute atomic E-state index is 5.45. The van der Waals surface area contributed by atoms with Crippen molar-refractivity contribution >= 4 is 16.9 Å². The van der Waals surface area contributed by atoms with Crippen molar-refractivity contribution in [3.05, 3.63) is 36.3 Å². The van der Waals surface area contributed by atoms with Crippen molar-refractivity contribution in [2.75, 3.05) is 31.2 Å². The third-order valence-electron chi connectivity index (χ3n) is 5.84. The van der Waals surface area contributed by atoms with Gasteiger partial charge >= 0.3 is 0 Å². The van der Waals surface area contributed by atoms with Gasteiger partial charge in [-0.3, -0.25) is 10.1 Å². The van der Waals surface area contributed by atoms with Gasteiger partial charge in [0, 0.05) is 30.8 Å². The predicted molar refractivity (Wildman–Crippen MR) is 106 cm³/mol. The topological polar surface area (TPSA) is 66.9 Å². The molecule has 1 N–H and O–H groups in total. The number of aromatic nitrogens is 4. The number of fused-ring (bicyclic) bond motifs is 1. The van der Waals surface area contributed by atoms with Crippen molar-refractivity contribution < 1.29 is 4.74 Å². The Morgan fingerprint density at radius 1 is 1.04 bits per heavy atom. The zero-order chi connectivity index (χ0) is 18.1. The molecule has 1 aliphatic carbocycles. The number of ether oxygens (including phenoxy) is 1. The molecule has 2 aliphatic rings. The van der Waals surface area contributed by atoms with Crippen LogP contribution < -0.4 is 4.90 Å². The van der Waals surface area contributed by atoms with Crippen molar-refractivity contribution in [3.8, 4) is 11.1 Å². The number of hydrogen-bond donors (Lipinski definition) is 1. The molecule has 1 saturated carbocycles. The van der Waals surface area contributed by atoms with Gasteiger partial charge in [0.05, 0.1) is 36.1 Å². The van der Waals surface area contributed by atoms with E-state index in [9.17, 15) is 0 Å². The third kappa shape index (κ3) is 3.30. The molecule has 1 saturated heterocycles. The fourth-order valence-corrected chi connectivity index (χ4v) is 4.33. The molecule has 0 radical (unpaired) electrons. The van der Waals surface area contributed by atoms with Crippen molar-refractivity contribution in [1.82, 2.24) is 20.2 Å². The monoisotopic (exact) mass is 363 g/mol. The molecule has 0 spiro atoms. The van der Waals surface area contributed by atoms with E-state index in [1.807, 2.05) is 12.4 Å². The minimum absolute atomic E-state index is 0.571. The standard InChI is InChI=1S/C21H25N5O/c1-2-4-15(5-3-1)21-17(13-23-25-21)16-6-7-18-19(12-16)24-20(14-22-18)26-8-10-27-11-9-26/h6-7,12-15H,1-5,8-11H2,(H,23,25). The lowest BCUT2D eigenvalue weighted by Gasteiger charge is -2.27. The first kappa shape index (κ1) is 16.7. The number of H-pyrrole nitrogens is 1. The summed E-state index contributed by atoms with van der Waals surface area (Å²) in [6.45, 7) is 3.24. The predicted octanol–water partition coefficient (Wildman–Crippen LogP) is 3.90. The summed E-state index contributed by atoms with van der Waals surface area (Å²) < 4.78 is 5.45. The number of anilines is 1. The van der Waals surface area contributed by atoms with Crippen LogP contribution in [0.15, 0.2) is 30.6 Å². The summed E-state index contributed by atoms with van der Waals surface area (Å²) in [6.07, 6.45) is 10.4. The van der Waals surface area contributed by atoms with E-state index in [4.69, 9.17) is 9.72 Å². The first-order valence-electron chi connectivity index (χ1n) is 10.0. The molecule has 1 aromatic carbocycles. The Kier molecular flexibility index (Phi) is 4.49. The Balaban J connectivity index is 1.50. The lowest BCUT2D eigenvalue weighted by atomic mass is 9.84. The number of nitrogens with zero attached hydrogens (tertiary/aromatic N) is 4. The van der Waals surface area contributed by atoms with Crippen molar-refractivity contribution in [1.29, 1.82) is 0 Å². The molecule has 2 fully saturated rings. The molecule has 6 heteroatoms. The first-order valence-corrected chi connectivity index (χ1v) is 10.0. The summed E-state index contributed by atoms with van der Waals surface area (Å²) in [4.78, 5) is 11.8. The van der Waals surface area contributed by atoms with Crippen LogP contribution in [0.1, 0.15) is 43.7 Å².